The lowest BCUT2D eigenvalue weighted by Gasteiger charge is -2.41. The van der Waals surface area contributed by atoms with E-state index in [4.69, 9.17) is 29.6 Å². The maximum absolute atomic E-state index is 6.24. The van der Waals surface area contributed by atoms with Gasteiger partial charge in [-0.1, -0.05) is 36.8 Å². The van der Waals surface area contributed by atoms with Crippen molar-refractivity contribution in [3.8, 4) is 0 Å². The van der Waals surface area contributed by atoms with E-state index < -0.39 is 0 Å². The van der Waals surface area contributed by atoms with Crippen molar-refractivity contribution in [2.24, 2.45) is 5.73 Å². The Morgan fingerprint density at radius 1 is 1.47 bits per heavy atom. The van der Waals surface area contributed by atoms with Gasteiger partial charge in [0.05, 0.1) is 10.6 Å². The first kappa shape index (κ1) is 14.6. The predicted molar refractivity (Wildman–Crippen MR) is 86.3 cm³/mol. The van der Waals surface area contributed by atoms with Crippen molar-refractivity contribution >= 4 is 34.5 Å². The molecule has 1 saturated heterocycles. The van der Waals surface area contributed by atoms with E-state index in [9.17, 15) is 0 Å². The van der Waals surface area contributed by atoms with Crippen LogP contribution in [0, 0.1) is 0 Å². The summed E-state index contributed by atoms with van der Waals surface area (Å²) in [5.41, 5.74) is 7.69. The van der Waals surface area contributed by atoms with Gasteiger partial charge in [-0.2, -0.15) is 0 Å². The Labute approximate surface area is 125 Å². The van der Waals surface area contributed by atoms with Crippen LogP contribution in [0.1, 0.15) is 18.9 Å². The van der Waals surface area contributed by atoms with Crippen molar-refractivity contribution in [1.29, 1.82) is 0 Å². The van der Waals surface area contributed by atoms with Gasteiger partial charge in [-0.15, -0.1) is 0 Å². The van der Waals surface area contributed by atoms with Crippen LogP contribution in [0.4, 0.5) is 5.69 Å². The summed E-state index contributed by atoms with van der Waals surface area (Å²) >= 11 is 11.4. The Morgan fingerprint density at radius 3 is 2.84 bits per heavy atom. The van der Waals surface area contributed by atoms with Crippen LogP contribution in [0.3, 0.4) is 0 Å². The molecule has 0 bridgehead atoms. The van der Waals surface area contributed by atoms with Crippen LogP contribution in [0.25, 0.3) is 0 Å². The van der Waals surface area contributed by atoms with Gasteiger partial charge in [0, 0.05) is 31.4 Å². The molecule has 1 aliphatic rings. The van der Waals surface area contributed by atoms with Crippen molar-refractivity contribution in [1.82, 2.24) is 4.90 Å². The number of hydrogen-bond donors (Lipinski definition) is 1. The zero-order valence-corrected chi connectivity index (χ0v) is 13.0. The molecule has 19 heavy (non-hydrogen) atoms. The summed E-state index contributed by atoms with van der Waals surface area (Å²) in [6.07, 6.45) is 1.13. The second-order valence-electron chi connectivity index (χ2n) is 4.99. The first-order chi connectivity index (χ1) is 9.04. The normalized spacial score (nSPS) is 20.6. The summed E-state index contributed by atoms with van der Waals surface area (Å²) in [5, 5.41) is 0.636. The number of benzene rings is 1. The number of rotatable bonds is 3. The second kappa shape index (κ2) is 6.07. The number of halogens is 1. The zero-order valence-electron chi connectivity index (χ0n) is 11.4. The van der Waals surface area contributed by atoms with E-state index in [1.165, 1.54) is 0 Å². The monoisotopic (exact) mass is 297 g/mol. The first-order valence-corrected chi connectivity index (χ1v) is 7.36. The Bertz CT molecular complexity index is 478. The zero-order chi connectivity index (χ0) is 14.0. The van der Waals surface area contributed by atoms with E-state index in [0.717, 1.165) is 37.3 Å². The minimum Gasteiger partial charge on any atom is -0.389 e. The third-order valence-electron chi connectivity index (χ3n) is 3.83. The number of likely N-dealkylation sites (N-methyl/N-ethyl adjacent to an activating group) is 1. The topological polar surface area (TPSA) is 32.5 Å². The van der Waals surface area contributed by atoms with Gasteiger partial charge in [0.25, 0.3) is 0 Å². The van der Waals surface area contributed by atoms with Crippen molar-refractivity contribution in [3.63, 3.8) is 0 Å². The van der Waals surface area contributed by atoms with E-state index in [1.54, 1.807) is 0 Å². The standard InChI is InChI=1S/C14H20ClN3S/c1-3-10-9-18(8-7-17(10)2)12-6-4-5-11(15)13(12)14(16)19/h4-6,10H,3,7-9H2,1-2H3,(H2,16,19). The number of piperazine rings is 1. The molecule has 0 amide bonds. The molecule has 1 aromatic carbocycles. The second-order valence-corrected chi connectivity index (χ2v) is 5.83. The van der Waals surface area contributed by atoms with Gasteiger partial charge < -0.3 is 10.6 Å². The summed E-state index contributed by atoms with van der Waals surface area (Å²) in [5.74, 6) is 0. The van der Waals surface area contributed by atoms with Gasteiger partial charge in [0.2, 0.25) is 0 Å². The Kier molecular flexibility index (Phi) is 4.66. The van der Waals surface area contributed by atoms with E-state index in [0.29, 0.717) is 16.1 Å². The molecule has 2 N–H and O–H groups in total. The summed E-state index contributed by atoms with van der Waals surface area (Å²) in [6.45, 7) is 5.23. The number of nitrogens with two attached hydrogens (primary N) is 1. The minimum absolute atomic E-state index is 0.368. The molecule has 1 fully saturated rings. The van der Waals surface area contributed by atoms with E-state index in [1.807, 2.05) is 12.1 Å². The van der Waals surface area contributed by atoms with Gasteiger partial charge in [0.15, 0.2) is 0 Å². The average molecular weight is 298 g/mol. The van der Waals surface area contributed by atoms with Crippen LogP contribution >= 0.6 is 23.8 Å². The molecule has 1 atom stereocenters. The summed E-state index contributed by atoms with van der Waals surface area (Å²) < 4.78 is 0. The molecule has 2 rings (SSSR count). The van der Waals surface area contributed by atoms with Crippen molar-refractivity contribution in [2.45, 2.75) is 19.4 Å². The predicted octanol–water partition coefficient (Wildman–Crippen LogP) is 2.50. The lowest BCUT2D eigenvalue weighted by atomic mass is 10.1. The van der Waals surface area contributed by atoms with Crippen molar-refractivity contribution in [3.05, 3.63) is 28.8 Å². The van der Waals surface area contributed by atoms with Gasteiger partial charge >= 0.3 is 0 Å². The maximum Gasteiger partial charge on any atom is 0.107 e. The van der Waals surface area contributed by atoms with Crippen molar-refractivity contribution < 1.29 is 0 Å². The highest BCUT2D eigenvalue weighted by molar-refractivity contribution is 7.80. The molecule has 1 heterocycles. The minimum atomic E-state index is 0.368. The van der Waals surface area contributed by atoms with Gasteiger partial charge in [0.1, 0.15) is 4.99 Å². The SMILES string of the molecule is CCC1CN(c2cccc(Cl)c2C(N)=S)CCN1C. The fourth-order valence-electron chi connectivity index (χ4n) is 2.63. The Morgan fingerprint density at radius 2 is 2.21 bits per heavy atom. The van der Waals surface area contributed by atoms with Gasteiger partial charge in [-0.25, -0.2) is 0 Å². The smallest absolute Gasteiger partial charge is 0.107 e. The molecule has 0 spiro atoms. The fraction of sp³-hybridized carbons (Fsp3) is 0.500. The van der Waals surface area contributed by atoms with Crippen LogP contribution in [-0.2, 0) is 0 Å². The Balaban J connectivity index is 2.32. The number of thiocarbonyl (C=S) groups is 1. The van der Waals surface area contributed by atoms with Crippen LogP contribution in [0.2, 0.25) is 5.02 Å². The number of anilines is 1. The Hall–Kier alpha value is -0.840. The lowest BCUT2D eigenvalue weighted by molar-refractivity contribution is 0.213. The molecule has 0 radical (unpaired) electrons. The number of hydrogen-bond acceptors (Lipinski definition) is 3. The van der Waals surface area contributed by atoms with E-state index >= 15 is 0 Å². The third-order valence-corrected chi connectivity index (χ3v) is 4.35. The lowest BCUT2D eigenvalue weighted by Crippen LogP contribution is -2.51. The highest BCUT2D eigenvalue weighted by atomic mass is 35.5. The molecule has 1 aromatic rings. The molecule has 5 heteroatoms. The van der Waals surface area contributed by atoms with Crippen LogP contribution in [0.15, 0.2) is 18.2 Å². The molecule has 1 unspecified atom stereocenters. The summed E-state index contributed by atoms with van der Waals surface area (Å²) in [6, 6.07) is 6.41. The van der Waals surface area contributed by atoms with E-state index in [-0.39, 0.29) is 0 Å². The quantitative estimate of drug-likeness (QED) is 0.869. The molecule has 3 nitrogen and oxygen atoms in total. The highest BCUT2D eigenvalue weighted by Crippen LogP contribution is 2.29. The molecular formula is C14H20ClN3S. The average Bonchev–Trinajstić information content (AvgIpc) is 2.38. The highest BCUT2D eigenvalue weighted by Gasteiger charge is 2.25. The summed E-state index contributed by atoms with van der Waals surface area (Å²) in [7, 11) is 2.18. The molecule has 0 aliphatic carbocycles. The largest absolute Gasteiger partial charge is 0.389 e. The van der Waals surface area contributed by atoms with Gasteiger partial charge in [-0.05, 0) is 25.6 Å². The van der Waals surface area contributed by atoms with Gasteiger partial charge in [-0.3, -0.25) is 4.90 Å². The van der Waals surface area contributed by atoms with E-state index in [2.05, 4.69) is 29.8 Å². The van der Waals surface area contributed by atoms with Crippen LogP contribution in [-0.4, -0.2) is 42.6 Å². The molecule has 0 aromatic heterocycles. The maximum atomic E-state index is 6.24. The first-order valence-electron chi connectivity index (χ1n) is 6.58. The fourth-order valence-corrected chi connectivity index (χ4v) is 3.17. The van der Waals surface area contributed by atoms with Crippen molar-refractivity contribution in [2.75, 3.05) is 31.6 Å². The molecule has 0 saturated carbocycles. The molecular weight excluding hydrogens is 278 g/mol. The van der Waals surface area contributed by atoms with Crippen LogP contribution in [0.5, 0.6) is 0 Å². The molecule has 104 valence electrons. The third kappa shape index (κ3) is 3.02. The number of nitrogens with zero attached hydrogens (tertiary/aromatic N) is 2. The molecule has 1 aliphatic heterocycles. The summed E-state index contributed by atoms with van der Waals surface area (Å²) in [4.78, 5) is 5.11. The van der Waals surface area contributed by atoms with Crippen LogP contribution < -0.4 is 10.6 Å².